The Morgan fingerprint density at radius 1 is 0.467 bits per heavy atom. The van der Waals surface area contributed by atoms with Gasteiger partial charge in [-0.1, -0.05) is 60.7 Å². The zero-order chi connectivity index (χ0) is 54.2. The number of nitrogen functional groups attached to an aromatic ring is 2. The summed E-state index contributed by atoms with van der Waals surface area (Å²) in [6.07, 6.45) is -10.3. The maximum absolute atomic E-state index is 14.1. The molecule has 0 radical (unpaired) electrons. The Kier molecular flexibility index (Phi) is 19.2. The number of aliphatic hydroxyl groups is 2. The molecule has 12 nitrogen and oxygen atoms in total. The number of carbonyl (C=O) groups excluding carboxylic acids is 4. The van der Waals surface area contributed by atoms with Crippen LogP contribution in [-0.4, -0.2) is 71.5 Å². The van der Waals surface area contributed by atoms with Crippen LogP contribution in [0.2, 0.25) is 0 Å². The molecule has 6 aromatic carbocycles. The molecule has 392 valence electrons. The number of ether oxygens (including phenoxy) is 4. The molecule has 18 heteroatoms. The van der Waals surface area contributed by atoms with Gasteiger partial charge in [0.25, 0.3) is 0 Å². The Balaban J connectivity index is 1.15. The Morgan fingerprint density at radius 2 is 0.787 bits per heavy atom. The summed E-state index contributed by atoms with van der Waals surface area (Å²) in [4.78, 5) is 54.0. The zero-order valence-electron chi connectivity index (χ0n) is 40.1. The minimum Gasteiger partial charge on any atom is -0.494 e. The first kappa shape index (κ1) is 56.1. The Labute approximate surface area is 427 Å². The predicted molar refractivity (Wildman–Crippen MR) is 269 cm³/mol. The van der Waals surface area contributed by atoms with Crippen molar-refractivity contribution in [3.05, 3.63) is 191 Å². The van der Waals surface area contributed by atoms with Gasteiger partial charge in [-0.05, 0) is 157 Å². The first-order valence-corrected chi connectivity index (χ1v) is 23.4. The van der Waals surface area contributed by atoms with Crippen molar-refractivity contribution in [2.75, 3.05) is 24.7 Å². The third-order valence-corrected chi connectivity index (χ3v) is 11.6. The lowest BCUT2D eigenvalue weighted by atomic mass is 9.66. The fraction of sp³-hybridized carbons (Fsp3) is 0.228. The number of aliphatic hydroxyl groups excluding tert-OH is 2. The summed E-state index contributed by atoms with van der Waals surface area (Å²) >= 11 is 0. The molecule has 0 spiro atoms. The lowest BCUT2D eigenvalue weighted by Gasteiger charge is -2.40. The molecule has 75 heavy (non-hydrogen) atoms. The third-order valence-electron chi connectivity index (χ3n) is 11.6. The minimum absolute atomic E-state index is 0.147. The normalized spacial score (nSPS) is 12.8. The number of hydrogen-bond acceptors (Lipinski definition) is 12. The average Bonchev–Trinajstić information content (AvgIpc) is 3.38. The van der Waals surface area contributed by atoms with E-state index < -0.39 is 66.3 Å². The standard InChI is InChI=1S/C57H52F6N2O10/c58-56(59,60)31-1-33-72-45-25-13-41(14-26-45)53(70)74-47-21-7-37(8-22-47)11-29-49(66)51(68)55(35-39-3-17-43(64)18-4-39,36-40-5-19-44(65)20-6-40)52(69)50(67)30-12-38-9-23-48(24-10-38)75-54(71)42-15-27-46(28-16-42)73-34-2-32-57(61,62)63/h3-30,51-52,68-69H,1-2,31-36,64-65H2/b29-11+,30-12+. The van der Waals surface area contributed by atoms with Gasteiger partial charge in [0.2, 0.25) is 0 Å². The minimum atomic E-state index is -4.29. The Morgan fingerprint density at radius 3 is 1.11 bits per heavy atom. The number of esters is 2. The van der Waals surface area contributed by atoms with Gasteiger partial charge >= 0.3 is 24.3 Å². The van der Waals surface area contributed by atoms with Gasteiger partial charge in [-0.3, -0.25) is 9.59 Å². The smallest absolute Gasteiger partial charge is 0.389 e. The third kappa shape index (κ3) is 17.5. The molecule has 2 atom stereocenters. The molecule has 2 unspecified atom stereocenters. The summed E-state index contributed by atoms with van der Waals surface area (Å²) in [6.45, 7) is -0.312. The Hall–Kier alpha value is -8.22. The van der Waals surface area contributed by atoms with E-state index >= 15 is 0 Å². The van der Waals surface area contributed by atoms with Crippen molar-refractivity contribution in [1.29, 1.82) is 0 Å². The second-order valence-electron chi connectivity index (χ2n) is 17.4. The summed E-state index contributed by atoms with van der Waals surface area (Å²) in [5, 5.41) is 24.4. The number of carbonyl (C=O) groups is 4. The molecule has 0 saturated carbocycles. The summed E-state index contributed by atoms with van der Waals surface area (Å²) in [7, 11) is 0. The van der Waals surface area contributed by atoms with Gasteiger partial charge in [-0.2, -0.15) is 26.3 Å². The topological polar surface area (TPSA) is 198 Å². The molecular weight excluding hydrogens is 987 g/mol. The van der Waals surface area contributed by atoms with Crippen LogP contribution in [0.3, 0.4) is 0 Å². The van der Waals surface area contributed by atoms with E-state index in [4.69, 9.17) is 30.4 Å². The lowest BCUT2D eigenvalue weighted by molar-refractivity contribution is -0.146. The van der Waals surface area contributed by atoms with E-state index in [0.717, 1.165) is 12.2 Å². The van der Waals surface area contributed by atoms with Gasteiger partial charge in [0.05, 0.1) is 24.3 Å². The number of rotatable bonds is 24. The molecule has 0 aromatic heterocycles. The monoisotopic (exact) mass is 1040 g/mol. The fourth-order valence-corrected chi connectivity index (χ4v) is 7.66. The Bertz CT molecular complexity index is 2700. The van der Waals surface area contributed by atoms with Crippen LogP contribution >= 0.6 is 0 Å². The van der Waals surface area contributed by atoms with Crippen LogP contribution in [0.15, 0.2) is 158 Å². The van der Waals surface area contributed by atoms with Crippen LogP contribution in [0, 0.1) is 5.41 Å². The van der Waals surface area contributed by atoms with Gasteiger partial charge in [0, 0.05) is 29.6 Å². The lowest BCUT2D eigenvalue weighted by Crippen LogP contribution is -2.54. The highest BCUT2D eigenvalue weighted by atomic mass is 19.4. The maximum atomic E-state index is 14.1. The van der Waals surface area contributed by atoms with E-state index in [9.17, 15) is 55.7 Å². The second-order valence-corrected chi connectivity index (χ2v) is 17.4. The van der Waals surface area contributed by atoms with Crippen LogP contribution in [0.25, 0.3) is 12.2 Å². The summed E-state index contributed by atoms with van der Waals surface area (Å²) in [5.74, 6) is -2.30. The van der Waals surface area contributed by atoms with Gasteiger partial charge in [-0.25, -0.2) is 9.59 Å². The fourth-order valence-electron chi connectivity index (χ4n) is 7.66. The van der Waals surface area contributed by atoms with Crippen LogP contribution in [0.5, 0.6) is 23.0 Å². The summed E-state index contributed by atoms with van der Waals surface area (Å²) < 4.78 is 96.1. The number of ketones is 2. The van der Waals surface area contributed by atoms with Crippen molar-refractivity contribution in [2.45, 2.75) is 63.1 Å². The van der Waals surface area contributed by atoms with Gasteiger partial charge < -0.3 is 40.6 Å². The summed E-state index contributed by atoms with van der Waals surface area (Å²) in [5.41, 5.74) is 13.2. The van der Waals surface area contributed by atoms with Crippen molar-refractivity contribution >= 4 is 47.0 Å². The molecule has 0 bridgehead atoms. The SMILES string of the molecule is Nc1ccc(CC(Cc2ccc(N)cc2)(C(O)C(=O)/C=C/c2ccc(OC(=O)c3ccc(OCCCC(F)(F)F)cc3)cc2)C(O)C(=O)/C=C/c2ccc(OC(=O)c3ccc(OCCCC(F)(F)F)cc3)cc2)cc1. The highest BCUT2D eigenvalue weighted by molar-refractivity contribution is 6.01. The maximum Gasteiger partial charge on any atom is 0.389 e. The number of benzene rings is 6. The van der Waals surface area contributed by atoms with Crippen molar-refractivity contribution < 1.29 is 74.7 Å². The van der Waals surface area contributed by atoms with Crippen molar-refractivity contribution in [1.82, 2.24) is 0 Å². The van der Waals surface area contributed by atoms with E-state index in [2.05, 4.69) is 0 Å². The number of anilines is 2. The molecule has 0 heterocycles. The summed E-state index contributed by atoms with van der Waals surface area (Å²) in [6, 6.07) is 36.4. The van der Waals surface area contributed by atoms with E-state index in [-0.39, 0.29) is 73.0 Å². The van der Waals surface area contributed by atoms with Crippen molar-refractivity contribution in [3.63, 3.8) is 0 Å². The first-order chi connectivity index (χ1) is 35.6. The van der Waals surface area contributed by atoms with E-state index in [0.29, 0.717) is 33.6 Å². The van der Waals surface area contributed by atoms with Crippen molar-refractivity contribution in [3.8, 4) is 23.0 Å². The van der Waals surface area contributed by atoms with E-state index in [1.165, 1.54) is 84.9 Å². The zero-order valence-corrected chi connectivity index (χ0v) is 40.1. The molecule has 6 N–H and O–H groups in total. The highest BCUT2D eigenvalue weighted by Crippen LogP contribution is 2.38. The molecule has 0 aliphatic rings. The average molecular weight is 1040 g/mol. The van der Waals surface area contributed by atoms with Crippen LogP contribution in [-0.2, 0) is 22.4 Å². The molecule has 0 aliphatic heterocycles. The van der Waals surface area contributed by atoms with E-state index in [1.54, 1.807) is 72.8 Å². The van der Waals surface area contributed by atoms with Crippen molar-refractivity contribution in [2.24, 2.45) is 5.41 Å². The highest BCUT2D eigenvalue weighted by Gasteiger charge is 2.49. The molecule has 0 saturated heterocycles. The number of halogens is 6. The molecule has 6 aromatic rings. The van der Waals surface area contributed by atoms with Crippen LogP contribution < -0.4 is 30.4 Å². The van der Waals surface area contributed by atoms with Gasteiger partial charge in [-0.15, -0.1) is 0 Å². The largest absolute Gasteiger partial charge is 0.494 e. The van der Waals surface area contributed by atoms with E-state index in [1.807, 2.05) is 0 Å². The molecule has 0 fully saturated rings. The first-order valence-electron chi connectivity index (χ1n) is 23.4. The van der Waals surface area contributed by atoms with Gasteiger partial charge in [0.15, 0.2) is 11.6 Å². The van der Waals surface area contributed by atoms with Gasteiger partial charge in [0.1, 0.15) is 35.2 Å². The predicted octanol–water partition coefficient (Wildman–Crippen LogP) is 10.8. The molecule has 6 rings (SSSR count). The molecular formula is C57H52F6N2O10. The number of hydrogen-bond donors (Lipinski definition) is 4. The second kappa shape index (κ2) is 25.6. The number of alkyl halides is 6. The molecule has 0 amide bonds. The van der Waals surface area contributed by atoms with Crippen LogP contribution in [0.4, 0.5) is 37.7 Å². The van der Waals surface area contributed by atoms with Crippen LogP contribution in [0.1, 0.15) is 68.7 Å². The molecule has 0 aliphatic carbocycles. The quantitative estimate of drug-likeness (QED) is 0.0112. The number of nitrogens with two attached hydrogens (primary N) is 2.